The first kappa shape index (κ1) is 23.3. The second-order valence-electron chi connectivity index (χ2n) is 6.48. The fourth-order valence-corrected chi connectivity index (χ4v) is 3.14. The molecule has 0 fully saturated rings. The lowest BCUT2D eigenvalue weighted by molar-refractivity contribution is -0.105. The van der Waals surface area contributed by atoms with Crippen molar-refractivity contribution >= 4 is 23.5 Å². The third-order valence-electron chi connectivity index (χ3n) is 4.02. The van der Waals surface area contributed by atoms with Crippen LogP contribution in [0.25, 0.3) is 11.3 Å². The SMILES string of the molecule is CCOc1cncc(-c2ccc(C(=O)NCc3cc(NSCC(F)(F)F)ccn3)cc2)n1. The van der Waals surface area contributed by atoms with Crippen LogP contribution in [0.5, 0.6) is 5.88 Å². The number of anilines is 1. The zero-order valence-corrected chi connectivity index (χ0v) is 17.8. The van der Waals surface area contributed by atoms with Crippen molar-refractivity contribution in [1.29, 1.82) is 0 Å². The van der Waals surface area contributed by atoms with Crippen molar-refractivity contribution in [3.05, 3.63) is 66.2 Å². The van der Waals surface area contributed by atoms with Crippen molar-refractivity contribution in [2.24, 2.45) is 0 Å². The molecule has 3 rings (SSSR count). The topological polar surface area (TPSA) is 89.0 Å². The molecule has 0 aliphatic heterocycles. The van der Waals surface area contributed by atoms with Crippen LogP contribution in [-0.4, -0.2) is 39.4 Å². The Labute approximate surface area is 187 Å². The average Bonchev–Trinajstić information content (AvgIpc) is 2.77. The summed E-state index contributed by atoms with van der Waals surface area (Å²) in [7, 11) is 0. The Morgan fingerprint density at radius 1 is 1.16 bits per heavy atom. The average molecular weight is 463 g/mol. The fourth-order valence-electron chi connectivity index (χ4n) is 2.61. The minimum atomic E-state index is -4.25. The summed E-state index contributed by atoms with van der Waals surface area (Å²) in [5, 5.41) is 2.74. The summed E-state index contributed by atoms with van der Waals surface area (Å²) >= 11 is 0.539. The number of aromatic nitrogens is 3. The van der Waals surface area contributed by atoms with E-state index in [1.54, 1.807) is 42.6 Å². The normalized spacial score (nSPS) is 11.1. The van der Waals surface area contributed by atoms with Gasteiger partial charge in [0.25, 0.3) is 5.91 Å². The van der Waals surface area contributed by atoms with E-state index in [9.17, 15) is 18.0 Å². The van der Waals surface area contributed by atoms with Gasteiger partial charge in [0.2, 0.25) is 5.88 Å². The molecule has 7 nitrogen and oxygen atoms in total. The number of rotatable bonds is 9. The molecule has 0 unspecified atom stereocenters. The van der Waals surface area contributed by atoms with Crippen LogP contribution in [0.3, 0.4) is 0 Å². The highest BCUT2D eigenvalue weighted by molar-refractivity contribution is 8.00. The van der Waals surface area contributed by atoms with Crippen LogP contribution < -0.4 is 14.8 Å². The van der Waals surface area contributed by atoms with Crippen LogP contribution in [0.2, 0.25) is 0 Å². The number of hydrogen-bond acceptors (Lipinski definition) is 7. The summed E-state index contributed by atoms with van der Waals surface area (Å²) in [6.07, 6.45) is 0.347. The highest BCUT2D eigenvalue weighted by Crippen LogP contribution is 2.23. The second-order valence-corrected chi connectivity index (χ2v) is 7.26. The lowest BCUT2D eigenvalue weighted by Gasteiger charge is -2.10. The van der Waals surface area contributed by atoms with Crippen LogP contribution in [0.15, 0.2) is 55.0 Å². The van der Waals surface area contributed by atoms with E-state index >= 15 is 0 Å². The van der Waals surface area contributed by atoms with Gasteiger partial charge in [0.15, 0.2) is 0 Å². The number of halogens is 3. The van der Waals surface area contributed by atoms with E-state index in [1.165, 1.54) is 12.4 Å². The number of alkyl halides is 3. The van der Waals surface area contributed by atoms with E-state index in [-0.39, 0.29) is 12.5 Å². The molecule has 2 aromatic heterocycles. The first-order chi connectivity index (χ1) is 15.3. The van der Waals surface area contributed by atoms with Gasteiger partial charge in [-0.1, -0.05) is 12.1 Å². The highest BCUT2D eigenvalue weighted by atomic mass is 32.2. The Kier molecular flexibility index (Phi) is 7.87. The maximum absolute atomic E-state index is 12.4. The molecule has 1 amide bonds. The van der Waals surface area contributed by atoms with Crippen molar-refractivity contribution in [2.75, 3.05) is 17.1 Å². The zero-order chi connectivity index (χ0) is 23.0. The van der Waals surface area contributed by atoms with Gasteiger partial charge in [-0.15, -0.1) is 0 Å². The van der Waals surface area contributed by atoms with E-state index in [1.807, 2.05) is 6.92 Å². The number of amides is 1. The number of nitrogens with one attached hydrogen (secondary N) is 2. The van der Waals surface area contributed by atoms with E-state index < -0.39 is 11.9 Å². The van der Waals surface area contributed by atoms with Crippen LogP contribution in [0.1, 0.15) is 23.0 Å². The maximum atomic E-state index is 12.4. The second kappa shape index (κ2) is 10.8. The minimum Gasteiger partial charge on any atom is -0.477 e. The Balaban J connectivity index is 1.56. The summed E-state index contributed by atoms with van der Waals surface area (Å²) in [5.74, 6) is -0.899. The molecule has 0 aliphatic rings. The monoisotopic (exact) mass is 463 g/mol. The molecule has 0 aliphatic carbocycles. The summed E-state index contributed by atoms with van der Waals surface area (Å²) in [4.78, 5) is 25.0. The smallest absolute Gasteiger partial charge is 0.399 e. The van der Waals surface area contributed by atoms with Crippen LogP contribution in [-0.2, 0) is 6.54 Å². The van der Waals surface area contributed by atoms with Gasteiger partial charge < -0.3 is 14.8 Å². The molecular weight excluding hydrogens is 443 g/mol. The molecule has 11 heteroatoms. The molecule has 0 radical (unpaired) electrons. The quantitative estimate of drug-likeness (QED) is 0.452. The van der Waals surface area contributed by atoms with Crippen LogP contribution in [0.4, 0.5) is 18.9 Å². The van der Waals surface area contributed by atoms with Gasteiger partial charge in [-0.25, -0.2) is 4.98 Å². The standard InChI is InChI=1S/C21H20F3N5O2S/c1-2-31-19-12-25-11-18(28-19)14-3-5-15(6-4-14)20(30)27-10-17-9-16(7-8-26-17)29-32-13-21(22,23)24/h3-9,11-12H,2,10,13H2,1H3,(H,26,29)(H,27,30). The predicted molar refractivity (Wildman–Crippen MR) is 116 cm³/mol. The van der Waals surface area contributed by atoms with Gasteiger partial charge in [-0.3, -0.25) is 14.8 Å². The Morgan fingerprint density at radius 3 is 2.66 bits per heavy atom. The number of nitrogens with zero attached hydrogens (tertiary/aromatic N) is 3. The largest absolute Gasteiger partial charge is 0.477 e. The lowest BCUT2D eigenvalue weighted by Crippen LogP contribution is -2.23. The number of ether oxygens (including phenoxy) is 1. The minimum absolute atomic E-state index is 0.127. The molecule has 2 N–H and O–H groups in total. The molecule has 32 heavy (non-hydrogen) atoms. The van der Waals surface area contributed by atoms with Gasteiger partial charge >= 0.3 is 6.18 Å². The molecule has 0 saturated carbocycles. The third-order valence-corrected chi connectivity index (χ3v) is 4.87. The van der Waals surface area contributed by atoms with Gasteiger partial charge in [0.1, 0.15) is 5.75 Å². The molecule has 1 aromatic carbocycles. The van der Waals surface area contributed by atoms with Gasteiger partial charge in [0, 0.05) is 23.0 Å². The van der Waals surface area contributed by atoms with Gasteiger partial charge in [-0.2, -0.15) is 13.2 Å². The molecule has 0 spiro atoms. The van der Waals surface area contributed by atoms with Crippen LogP contribution >= 0.6 is 11.9 Å². The van der Waals surface area contributed by atoms with Crippen molar-refractivity contribution in [2.45, 2.75) is 19.6 Å². The zero-order valence-electron chi connectivity index (χ0n) is 17.0. The Hall–Kier alpha value is -3.34. The number of pyridine rings is 1. The Morgan fingerprint density at radius 2 is 1.94 bits per heavy atom. The van der Waals surface area contributed by atoms with Crippen molar-refractivity contribution in [3.8, 4) is 17.1 Å². The molecule has 3 aromatic rings. The number of benzene rings is 1. The lowest BCUT2D eigenvalue weighted by atomic mass is 10.1. The van der Waals surface area contributed by atoms with Crippen molar-refractivity contribution < 1.29 is 22.7 Å². The first-order valence-corrected chi connectivity index (χ1v) is 10.6. The van der Waals surface area contributed by atoms with E-state index in [0.717, 1.165) is 5.56 Å². The number of carbonyl (C=O) groups is 1. The third kappa shape index (κ3) is 7.12. The van der Waals surface area contributed by atoms with Crippen LogP contribution in [0, 0.1) is 0 Å². The summed E-state index contributed by atoms with van der Waals surface area (Å²) in [6, 6.07) is 9.98. The number of carbonyl (C=O) groups excluding carboxylic acids is 1. The van der Waals surface area contributed by atoms with Crippen molar-refractivity contribution in [1.82, 2.24) is 20.3 Å². The van der Waals surface area contributed by atoms with E-state index in [4.69, 9.17) is 4.74 Å². The molecule has 0 bridgehead atoms. The number of hydrogen-bond donors (Lipinski definition) is 2. The molecule has 2 heterocycles. The molecule has 0 atom stereocenters. The first-order valence-electron chi connectivity index (χ1n) is 9.57. The molecule has 168 valence electrons. The van der Waals surface area contributed by atoms with E-state index in [2.05, 4.69) is 25.0 Å². The summed E-state index contributed by atoms with van der Waals surface area (Å²) in [5.41, 5.74) is 2.83. The summed E-state index contributed by atoms with van der Waals surface area (Å²) < 4.78 is 44.7. The molecule has 0 saturated heterocycles. The van der Waals surface area contributed by atoms with Gasteiger partial charge in [0.05, 0.1) is 36.9 Å². The molecular formula is C21H20F3N5O2S. The maximum Gasteiger partial charge on any atom is 0.399 e. The predicted octanol–water partition coefficient (Wildman–Crippen LogP) is 4.49. The van der Waals surface area contributed by atoms with E-state index in [0.29, 0.717) is 47.1 Å². The summed E-state index contributed by atoms with van der Waals surface area (Å²) in [6.45, 7) is 2.47. The Bertz CT molecular complexity index is 1050. The highest BCUT2D eigenvalue weighted by Gasteiger charge is 2.27. The van der Waals surface area contributed by atoms with Crippen molar-refractivity contribution in [3.63, 3.8) is 0 Å². The fraction of sp³-hybridized carbons (Fsp3) is 0.238. The van der Waals surface area contributed by atoms with Gasteiger partial charge in [-0.05, 0) is 43.1 Å².